The molecular formula is C17H19N3O3S. The molecule has 0 unspecified atom stereocenters. The van der Waals surface area contributed by atoms with E-state index in [-0.39, 0.29) is 16.2 Å². The predicted molar refractivity (Wildman–Crippen MR) is 94.8 cm³/mol. The molecule has 0 aliphatic rings. The third-order valence-electron chi connectivity index (χ3n) is 3.98. The van der Waals surface area contributed by atoms with Crippen molar-refractivity contribution in [2.45, 2.75) is 33.1 Å². The van der Waals surface area contributed by atoms with Crippen LogP contribution in [0.1, 0.15) is 31.5 Å². The number of nitrogens with zero attached hydrogens (tertiary/aromatic N) is 3. The number of aryl methyl sites for hydroxylation is 3. The molecule has 0 atom stereocenters. The van der Waals surface area contributed by atoms with Crippen LogP contribution in [0.3, 0.4) is 0 Å². The average Bonchev–Trinajstić information content (AvgIpc) is 2.84. The van der Waals surface area contributed by atoms with Crippen molar-refractivity contribution < 1.29 is 10.2 Å². The highest BCUT2D eigenvalue weighted by Gasteiger charge is 2.18. The lowest BCUT2D eigenvalue weighted by atomic mass is 10.1. The minimum Gasteiger partial charge on any atom is -0.508 e. The van der Waals surface area contributed by atoms with Crippen molar-refractivity contribution in [2.24, 2.45) is 7.05 Å². The fourth-order valence-corrected chi connectivity index (χ4v) is 3.68. The molecule has 0 radical (unpaired) electrons. The molecule has 0 saturated carbocycles. The van der Waals surface area contributed by atoms with Gasteiger partial charge in [0.05, 0.1) is 11.3 Å². The van der Waals surface area contributed by atoms with Gasteiger partial charge in [-0.2, -0.15) is 5.10 Å². The Morgan fingerprint density at radius 2 is 1.96 bits per heavy atom. The molecule has 0 saturated heterocycles. The number of aromatic hydroxyl groups is 2. The van der Waals surface area contributed by atoms with Crippen LogP contribution in [0.2, 0.25) is 0 Å². The SMILES string of the molecule is CCCc1nn(C)c2c(=O)sc(-c3cc(CC)c(O)cc3O)nc12. The van der Waals surface area contributed by atoms with E-state index in [0.717, 1.165) is 29.9 Å². The molecule has 0 fully saturated rings. The highest BCUT2D eigenvalue weighted by atomic mass is 32.1. The van der Waals surface area contributed by atoms with E-state index in [9.17, 15) is 15.0 Å². The van der Waals surface area contributed by atoms with E-state index in [1.54, 1.807) is 17.8 Å². The van der Waals surface area contributed by atoms with E-state index in [1.165, 1.54) is 6.07 Å². The molecule has 1 aromatic carbocycles. The van der Waals surface area contributed by atoms with Crippen molar-refractivity contribution in [1.29, 1.82) is 0 Å². The first-order valence-corrected chi connectivity index (χ1v) is 8.69. The second-order valence-electron chi connectivity index (χ2n) is 5.68. The van der Waals surface area contributed by atoms with E-state index in [4.69, 9.17) is 0 Å². The van der Waals surface area contributed by atoms with Crippen molar-refractivity contribution in [3.63, 3.8) is 0 Å². The summed E-state index contributed by atoms with van der Waals surface area (Å²) in [5.74, 6) is -0.0478. The van der Waals surface area contributed by atoms with Gasteiger partial charge < -0.3 is 10.2 Å². The van der Waals surface area contributed by atoms with Crippen LogP contribution in [0.4, 0.5) is 0 Å². The first kappa shape index (κ1) is 16.4. The molecule has 0 spiro atoms. The molecular weight excluding hydrogens is 326 g/mol. The van der Waals surface area contributed by atoms with Gasteiger partial charge in [0.1, 0.15) is 27.5 Å². The third-order valence-corrected chi connectivity index (χ3v) is 4.87. The van der Waals surface area contributed by atoms with Gasteiger partial charge in [-0.25, -0.2) is 4.98 Å². The first-order valence-electron chi connectivity index (χ1n) is 7.88. The van der Waals surface area contributed by atoms with Gasteiger partial charge in [0.15, 0.2) is 0 Å². The van der Waals surface area contributed by atoms with Crippen LogP contribution < -0.4 is 4.74 Å². The van der Waals surface area contributed by atoms with Crippen LogP contribution >= 0.6 is 11.3 Å². The molecule has 24 heavy (non-hydrogen) atoms. The Labute approximate surface area is 143 Å². The van der Waals surface area contributed by atoms with E-state index < -0.39 is 0 Å². The monoisotopic (exact) mass is 345 g/mol. The molecule has 2 N–H and O–H groups in total. The van der Waals surface area contributed by atoms with Crippen LogP contribution in [0.15, 0.2) is 16.9 Å². The molecule has 0 aliphatic heterocycles. The molecule has 2 heterocycles. The maximum atomic E-state index is 12.5. The van der Waals surface area contributed by atoms with E-state index >= 15 is 0 Å². The number of phenolic OH excluding ortho intramolecular Hbond substituents is 2. The molecule has 2 aromatic heterocycles. The van der Waals surface area contributed by atoms with E-state index in [1.807, 2.05) is 13.8 Å². The quantitative estimate of drug-likeness (QED) is 0.759. The lowest BCUT2D eigenvalue weighted by Gasteiger charge is -2.08. The number of benzene rings is 1. The zero-order valence-corrected chi connectivity index (χ0v) is 14.6. The number of fused-ring (bicyclic) bond motifs is 1. The second-order valence-corrected chi connectivity index (χ2v) is 6.64. The van der Waals surface area contributed by atoms with Crippen LogP contribution in [-0.4, -0.2) is 25.0 Å². The fraction of sp³-hybridized carbons (Fsp3) is 0.353. The summed E-state index contributed by atoms with van der Waals surface area (Å²) in [5.41, 5.74) is 3.02. The Hall–Kier alpha value is -2.41. The molecule has 126 valence electrons. The van der Waals surface area contributed by atoms with Gasteiger partial charge in [-0.3, -0.25) is 9.48 Å². The number of hydrogen-bond acceptors (Lipinski definition) is 6. The highest BCUT2D eigenvalue weighted by Crippen LogP contribution is 2.36. The minimum absolute atomic E-state index is 0.0419. The maximum absolute atomic E-state index is 12.5. The Morgan fingerprint density at radius 3 is 2.62 bits per heavy atom. The topological polar surface area (TPSA) is 88.2 Å². The van der Waals surface area contributed by atoms with Crippen molar-refractivity contribution in [1.82, 2.24) is 14.8 Å². The van der Waals surface area contributed by atoms with Gasteiger partial charge in [0.2, 0.25) is 0 Å². The first-order chi connectivity index (χ1) is 11.5. The fourth-order valence-electron chi connectivity index (χ4n) is 2.77. The number of aromatic nitrogens is 3. The molecule has 6 nitrogen and oxygen atoms in total. The van der Waals surface area contributed by atoms with Gasteiger partial charge in [-0.05, 0) is 24.5 Å². The summed E-state index contributed by atoms with van der Waals surface area (Å²) in [5, 5.41) is 24.9. The Bertz CT molecular complexity index is 975. The van der Waals surface area contributed by atoms with Crippen molar-refractivity contribution in [3.8, 4) is 22.1 Å². The average molecular weight is 345 g/mol. The summed E-state index contributed by atoms with van der Waals surface area (Å²) in [6.07, 6.45) is 2.25. The second kappa shape index (κ2) is 6.24. The third kappa shape index (κ3) is 2.65. The van der Waals surface area contributed by atoms with Gasteiger partial charge in [-0.15, -0.1) is 0 Å². The van der Waals surface area contributed by atoms with Gasteiger partial charge in [0, 0.05) is 13.1 Å². The van der Waals surface area contributed by atoms with Crippen LogP contribution in [0.5, 0.6) is 11.5 Å². The highest BCUT2D eigenvalue weighted by molar-refractivity contribution is 7.13. The molecule has 3 aromatic rings. The minimum atomic E-state index is -0.141. The molecule has 0 amide bonds. The predicted octanol–water partition coefficient (Wildman–Crippen LogP) is 2.98. The van der Waals surface area contributed by atoms with Gasteiger partial charge in [-0.1, -0.05) is 31.6 Å². The summed E-state index contributed by atoms with van der Waals surface area (Å²) >= 11 is 0.976. The normalized spacial score (nSPS) is 11.3. The summed E-state index contributed by atoms with van der Waals surface area (Å²) in [7, 11) is 1.74. The Balaban J connectivity index is 2.28. The standard InChI is InChI=1S/C17H19N3O3S/c1-4-6-11-14-15(20(3)19-11)17(23)24-16(18-14)10-7-9(5-2)12(21)8-13(10)22/h7-8,21-22H,4-6H2,1-3H3. The zero-order valence-electron chi connectivity index (χ0n) is 13.8. The Kier molecular flexibility index (Phi) is 4.28. The lowest BCUT2D eigenvalue weighted by molar-refractivity contribution is 0.447. The largest absolute Gasteiger partial charge is 0.508 e. The summed E-state index contributed by atoms with van der Waals surface area (Å²) in [6.45, 7) is 3.96. The smallest absolute Gasteiger partial charge is 0.261 e. The molecule has 0 aliphatic carbocycles. The van der Waals surface area contributed by atoms with Gasteiger partial charge in [0.25, 0.3) is 4.74 Å². The maximum Gasteiger partial charge on any atom is 0.261 e. The summed E-state index contributed by atoms with van der Waals surface area (Å²) < 4.78 is 1.43. The van der Waals surface area contributed by atoms with Crippen molar-refractivity contribution in [3.05, 3.63) is 32.9 Å². The number of hydrogen-bond donors (Lipinski definition) is 2. The lowest BCUT2D eigenvalue weighted by Crippen LogP contribution is -2.03. The van der Waals surface area contributed by atoms with Crippen LogP contribution in [-0.2, 0) is 19.9 Å². The van der Waals surface area contributed by atoms with Crippen molar-refractivity contribution in [2.75, 3.05) is 0 Å². The summed E-state index contributed by atoms with van der Waals surface area (Å²) in [4.78, 5) is 17.1. The van der Waals surface area contributed by atoms with Crippen molar-refractivity contribution >= 4 is 22.4 Å². The molecule has 0 bridgehead atoms. The molecule has 7 heteroatoms. The van der Waals surface area contributed by atoms with Gasteiger partial charge >= 0.3 is 0 Å². The zero-order chi connectivity index (χ0) is 17.4. The number of phenols is 2. The number of rotatable bonds is 4. The van der Waals surface area contributed by atoms with Crippen LogP contribution in [0.25, 0.3) is 21.6 Å². The van der Waals surface area contributed by atoms with E-state index in [0.29, 0.717) is 33.6 Å². The van der Waals surface area contributed by atoms with Crippen LogP contribution in [0, 0.1) is 0 Å². The van der Waals surface area contributed by atoms with E-state index in [2.05, 4.69) is 10.1 Å². The summed E-state index contributed by atoms with van der Waals surface area (Å²) in [6, 6.07) is 2.98. The molecule has 3 rings (SSSR count). The Morgan fingerprint density at radius 1 is 1.21 bits per heavy atom.